The highest BCUT2D eigenvalue weighted by Gasteiger charge is 2.42. The largest absolute Gasteiger partial charge is 0.307 e. The first-order valence-electron chi connectivity index (χ1n) is 9.84. The molecule has 0 fully saturated rings. The van der Waals surface area contributed by atoms with Crippen LogP contribution in [-0.4, -0.2) is 38.4 Å². The molecule has 30 heavy (non-hydrogen) atoms. The van der Waals surface area contributed by atoms with Gasteiger partial charge in [-0.2, -0.15) is 5.10 Å². The summed E-state index contributed by atoms with van der Waals surface area (Å²) in [5.74, 6) is -0.852. The van der Waals surface area contributed by atoms with Gasteiger partial charge in [-0.1, -0.05) is 44.2 Å². The van der Waals surface area contributed by atoms with E-state index in [0.717, 1.165) is 10.6 Å². The van der Waals surface area contributed by atoms with Crippen LogP contribution < -0.4 is 5.32 Å². The molecule has 0 saturated carbocycles. The van der Waals surface area contributed by atoms with E-state index in [1.165, 1.54) is 0 Å². The zero-order valence-corrected chi connectivity index (χ0v) is 16.8. The summed E-state index contributed by atoms with van der Waals surface area (Å²) < 4.78 is 1.65. The number of aromatic nitrogens is 2. The van der Waals surface area contributed by atoms with E-state index in [1.54, 1.807) is 41.2 Å². The molecule has 1 unspecified atom stereocenters. The quantitative estimate of drug-likeness (QED) is 0.640. The van der Waals surface area contributed by atoms with Crippen LogP contribution in [0.4, 0.5) is 5.82 Å². The van der Waals surface area contributed by atoms with Crippen LogP contribution in [0.2, 0.25) is 0 Å². The minimum absolute atomic E-state index is 0.104. The van der Waals surface area contributed by atoms with Gasteiger partial charge >= 0.3 is 0 Å². The van der Waals surface area contributed by atoms with Crippen molar-refractivity contribution in [2.45, 2.75) is 26.3 Å². The van der Waals surface area contributed by atoms with Crippen molar-refractivity contribution in [3.05, 3.63) is 78.0 Å². The summed E-state index contributed by atoms with van der Waals surface area (Å²) in [6.45, 7) is 3.89. The number of hydrogen-bond donors (Lipinski definition) is 1. The Bertz CT molecular complexity index is 1070. The molecule has 1 aromatic heterocycles. The maximum absolute atomic E-state index is 13.1. The molecule has 1 aliphatic rings. The highest BCUT2D eigenvalue weighted by atomic mass is 16.2. The fraction of sp³-hybridized carbons (Fsp3) is 0.217. The SMILES string of the molecule is CC(C)CC(C(=O)Nc1ccn(-c2ccccc2)n1)N1C(=O)c2ccccc2C1=O. The first-order valence-corrected chi connectivity index (χ1v) is 9.84. The van der Waals surface area contributed by atoms with Gasteiger partial charge in [0, 0.05) is 12.3 Å². The third-order valence-electron chi connectivity index (χ3n) is 5.00. The molecule has 1 atom stereocenters. The van der Waals surface area contributed by atoms with Crippen LogP contribution in [0.25, 0.3) is 5.69 Å². The molecule has 0 radical (unpaired) electrons. The molecule has 0 aliphatic carbocycles. The molecule has 0 bridgehead atoms. The van der Waals surface area contributed by atoms with Gasteiger partial charge in [0.1, 0.15) is 6.04 Å². The van der Waals surface area contributed by atoms with Gasteiger partial charge in [0.2, 0.25) is 5.91 Å². The first-order chi connectivity index (χ1) is 14.5. The van der Waals surface area contributed by atoms with E-state index in [9.17, 15) is 14.4 Å². The fourth-order valence-corrected chi connectivity index (χ4v) is 3.59. The van der Waals surface area contributed by atoms with Crippen molar-refractivity contribution in [1.82, 2.24) is 14.7 Å². The second-order valence-electron chi connectivity index (χ2n) is 7.64. The number of hydrogen-bond acceptors (Lipinski definition) is 4. The lowest BCUT2D eigenvalue weighted by Crippen LogP contribution is -2.48. The minimum Gasteiger partial charge on any atom is -0.307 e. The summed E-state index contributed by atoms with van der Waals surface area (Å²) in [5.41, 5.74) is 1.52. The maximum Gasteiger partial charge on any atom is 0.262 e. The molecule has 7 heteroatoms. The van der Waals surface area contributed by atoms with Gasteiger partial charge in [-0.3, -0.25) is 19.3 Å². The van der Waals surface area contributed by atoms with Crippen LogP contribution in [0.15, 0.2) is 66.9 Å². The third-order valence-corrected chi connectivity index (χ3v) is 5.00. The van der Waals surface area contributed by atoms with Crippen molar-refractivity contribution < 1.29 is 14.4 Å². The molecule has 2 aromatic carbocycles. The van der Waals surface area contributed by atoms with Crippen molar-refractivity contribution in [3.8, 4) is 5.69 Å². The normalized spacial score (nSPS) is 14.2. The Morgan fingerprint density at radius 2 is 1.53 bits per heavy atom. The van der Waals surface area contributed by atoms with Gasteiger partial charge in [0.25, 0.3) is 11.8 Å². The molecule has 3 aromatic rings. The zero-order chi connectivity index (χ0) is 21.3. The number of carbonyl (C=O) groups excluding carboxylic acids is 3. The predicted octanol–water partition coefficient (Wildman–Crippen LogP) is 3.52. The number of para-hydroxylation sites is 1. The minimum atomic E-state index is -0.917. The Kier molecular flexibility index (Phi) is 5.18. The molecule has 1 N–H and O–H groups in total. The van der Waals surface area contributed by atoms with Crippen LogP contribution in [0, 0.1) is 5.92 Å². The lowest BCUT2D eigenvalue weighted by Gasteiger charge is -2.26. The molecule has 2 heterocycles. The molecule has 152 valence electrons. The predicted molar refractivity (Wildman–Crippen MR) is 112 cm³/mol. The standard InChI is InChI=1S/C23H22N4O3/c1-15(2)14-19(27-22(29)17-10-6-7-11-18(17)23(27)30)21(28)24-20-12-13-26(25-20)16-8-4-3-5-9-16/h3-13,15,19H,14H2,1-2H3,(H,24,25,28). The highest BCUT2D eigenvalue weighted by molar-refractivity contribution is 6.23. The van der Waals surface area contributed by atoms with E-state index < -0.39 is 23.8 Å². The van der Waals surface area contributed by atoms with Crippen molar-refractivity contribution >= 4 is 23.5 Å². The lowest BCUT2D eigenvalue weighted by atomic mass is 10.0. The highest BCUT2D eigenvalue weighted by Crippen LogP contribution is 2.27. The van der Waals surface area contributed by atoms with Crippen LogP contribution >= 0.6 is 0 Å². The number of fused-ring (bicyclic) bond motifs is 1. The van der Waals surface area contributed by atoms with Crippen molar-refractivity contribution in [1.29, 1.82) is 0 Å². The average Bonchev–Trinajstić information content (AvgIpc) is 3.30. The Labute approximate surface area is 174 Å². The molecule has 0 spiro atoms. The summed E-state index contributed by atoms with van der Waals surface area (Å²) in [6.07, 6.45) is 2.10. The van der Waals surface area contributed by atoms with E-state index in [0.29, 0.717) is 23.4 Å². The number of anilines is 1. The van der Waals surface area contributed by atoms with Crippen molar-refractivity contribution in [3.63, 3.8) is 0 Å². The summed E-state index contributed by atoms with van der Waals surface area (Å²) >= 11 is 0. The molecule has 3 amide bonds. The summed E-state index contributed by atoms with van der Waals surface area (Å²) in [6, 6.07) is 16.9. The molecule has 0 saturated heterocycles. The second-order valence-corrected chi connectivity index (χ2v) is 7.64. The van der Waals surface area contributed by atoms with Gasteiger partial charge in [0.05, 0.1) is 16.8 Å². The van der Waals surface area contributed by atoms with E-state index >= 15 is 0 Å². The Hall–Kier alpha value is -3.74. The Balaban J connectivity index is 1.58. The fourth-order valence-electron chi connectivity index (χ4n) is 3.59. The molecule has 1 aliphatic heterocycles. The molecular weight excluding hydrogens is 380 g/mol. The number of rotatable bonds is 6. The number of nitrogens with one attached hydrogen (secondary N) is 1. The molecule has 7 nitrogen and oxygen atoms in total. The summed E-state index contributed by atoms with van der Waals surface area (Å²) in [4.78, 5) is 40.0. The average molecular weight is 402 g/mol. The maximum atomic E-state index is 13.1. The van der Waals surface area contributed by atoms with Crippen LogP contribution in [0.3, 0.4) is 0 Å². The summed E-state index contributed by atoms with van der Waals surface area (Å²) in [7, 11) is 0. The van der Waals surface area contributed by atoms with E-state index in [-0.39, 0.29) is 5.92 Å². The topological polar surface area (TPSA) is 84.3 Å². The number of carbonyl (C=O) groups is 3. The molecular formula is C23H22N4O3. The van der Waals surface area contributed by atoms with Crippen molar-refractivity contribution in [2.24, 2.45) is 5.92 Å². The molecule has 4 rings (SSSR count). The third kappa shape index (κ3) is 3.61. The van der Waals surface area contributed by atoms with Crippen molar-refractivity contribution in [2.75, 3.05) is 5.32 Å². The van der Waals surface area contributed by atoms with Gasteiger partial charge < -0.3 is 5.32 Å². The van der Waals surface area contributed by atoms with E-state index in [1.807, 2.05) is 44.2 Å². The number of benzene rings is 2. The van der Waals surface area contributed by atoms with Gasteiger partial charge in [-0.15, -0.1) is 0 Å². The van der Waals surface area contributed by atoms with Gasteiger partial charge in [-0.05, 0) is 36.6 Å². The van der Waals surface area contributed by atoms with E-state index in [4.69, 9.17) is 0 Å². The van der Waals surface area contributed by atoms with Gasteiger partial charge in [-0.25, -0.2) is 4.68 Å². The first kappa shape index (κ1) is 19.6. The van der Waals surface area contributed by atoms with Crippen LogP contribution in [0.5, 0.6) is 0 Å². The number of nitrogens with zero attached hydrogens (tertiary/aromatic N) is 3. The van der Waals surface area contributed by atoms with Crippen LogP contribution in [-0.2, 0) is 4.79 Å². The zero-order valence-electron chi connectivity index (χ0n) is 16.8. The lowest BCUT2D eigenvalue weighted by molar-refractivity contribution is -0.120. The Morgan fingerprint density at radius 3 is 2.13 bits per heavy atom. The summed E-state index contributed by atoms with van der Waals surface area (Å²) in [5, 5.41) is 7.15. The monoisotopic (exact) mass is 402 g/mol. The number of amides is 3. The number of imide groups is 1. The second kappa shape index (κ2) is 7.94. The van der Waals surface area contributed by atoms with Crippen LogP contribution in [0.1, 0.15) is 41.0 Å². The van der Waals surface area contributed by atoms with Gasteiger partial charge in [0.15, 0.2) is 5.82 Å². The Morgan fingerprint density at radius 1 is 0.933 bits per heavy atom. The smallest absolute Gasteiger partial charge is 0.262 e. The van der Waals surface area contributed by atoms with E-state index in [2.05, 4.69) is 10.4 Å².